The zero-order chi connectivity index (χ0) is 14.9. The highest BCUT2D eigenvalue weighted by atomic mass is 16.6. The summed E-state index contributed by atoms with van der Waals surface area (Å²) in [6, 6.07) is 0. The first-order chi connectivity index (χ1) is 9.35. The largest absolute Gasteiger partial charge is 0.456 e. The first kappa shape index (κ1) is 15.8. The molecule has 3 nitrogen and oxygen atoms in total. The second kappa shape index (κ2) is 5.67. The summed E-state index contributed by atoms with van der Waals surface area (Å²) < 4.78 is 6.01. The molecule has 1 N–H and O–H groups in total. The molecule has 2 rings (SSSR count). The highest BCUT2D eigenvalue weighted by Crippen LogP contribution is 2.50. The maximum absolute atomic E-state index is 12.5. The van der Waals surface area contributed by atoms with E-state index in [1.165, 1.54) is 12.8 Å². The molecule has 0 aliphatic heterocycles. The van der Waals surface area contributed by atoms with Crippen molar-refractivity contribution in [1.82, 2.24) is 0 Å². The predicted octanol–water partition coefficient (Wildman–Crippen LogP) is 3.97. The van der Waals surface area contributed by atoms with Crippen molar-refractivity contribution in [2.75, 3.05) is 0 Å². The second-order valence-corrected chi connectivity index (χ2v) is 7.42. The van der Waals surface area contributed by atoms with Gasteiger partial charge in [0.2, 0.25) is 0 Å². The Labute approximate surface area is 123 Å². The fourth-order valence-electron chi connectivity index (χ4n) is 3.68. The van der Waals surface area contributed by atoms with Crippen LogP contribution in [0.2, 0.25) is 0 Å². The van der Waals surface area contributed by atoms with Gasteiger partial charge in [0, 0.05) is 0 Å². The number of carbonyl (C=O) groups excluding carboxylic acids is 1. The first-order valence-corrected chi connectivity index (χ1v) is 8.31. The van der Waals surface area contributed by atoms with Gasteiger partial charge in [0.05, 0.1) is 5.41 Å². The second-order valence-electron chi connectivity index (χ2n) is 7.42. The molecule has 0 heterocycles. The molecule has 3 heteroatoms. The van der Waals surface area contributed by atoms with E-state index in [1.807, 2.05) is 20.8 Å². The normalized spacial score (nSPS) is 35.0. The van der Waals surface area contributed by atoms with Crippen LogP contribution >= 0.6 is 0 Å². The molecule has 2 unspecified atom stereocenters. The molecule has 0 radical (unpaired) electrons. The van der Waals surface area contributed by atoms with Crippen LogP contribution in [0.3, 0.4) is 0 Å². The molecule has 2 saturated carbocycles. The van der Waals surface area contributed by atoms with Crippen LogP contribution < -0.4 is 0 Å². The zero-order valence-electron chi connectivity index (χ0n) is 13.3. The van der Waals surface area contributed by atoms with Gasteiger partial charge in [0.15, 0.2) is 0 Å². The Balaban J connectivity index is 2.21. The number of fused-ring (bicyclic) bond motifs is 1. The van der Waals surface area contributed by atoms with Crippen molar-refractivity contribution in [2.45, 2.75) is 96.2 Å². The molecule has 0 aromatic rings. The van der Waals surface area contributed by atoms with E-state index in [9.17, 15) is 9.90 Å². The Kier molecular flexibility index (Phi) is 4.48. The highest BCUT2D eigenvalue weighted by Gasteiger charge is 2.57. The molecule has 0 bridgehead atoms. The van der Waals surface area contributed by atoms with Gasteiger partial charge in [-0.1, -0.05) is 26.2 Å². The van der Waals surface area contributed by atoms with Crippen molar-refractivity contribution >= 4 is 5.97 Å². The standard InChI is InChI=1S/C17H30O3/c1-4-15(2,3)14(18)20-17-12-8-6-5-7-10-16(17,19)11-9-13-17/h19H,4-13H2,1-3H3. The lowest BCUT2D eigenvalue weighted by Gasteiger charge is -2.44. The minimum atomic E-state index is -0.785. The Morgan fingerprint density at radius 1 is 1.05 bits per heavy atom. The van der Waals surface area contributed by atoms with Gasteiger partial charge in [-0.25, -0.2) is 0 Å². The lowest BCUT2D eigenvalue weighted by atomic mass is 9.76. The summed E-state index contributed by atoms with van der Waals surface area (Å²) in [5.41, 5.74) is -1.86. The predicted molar refractivity (Wildman–Crippen MR) is 79.4 cm³/mol. The Bertz CT molecular complexity index is 363. The van der Waals surface area contributed by atoms with Crippen LogP contribution in [0.4, 0.5) is 0 Å². The molecule has 20 heavy (non-hydrogen) atoms. The monoisotopic (exact) mass is 282 g/mol. The topological polar surface area (TPSA) is 46.5 Å². The Morgan fingerprint density at radius 3 is 2.25 bits per heavy atom. The van der Waals surface area contributed by atoms with Gasteiger partial charge in [0.1, 0.15) is 11.2 Å². The van der Waals surface area contributed by atoms with E-state index in [0.29, 0.717) is 0 Å². The van der Waals surface area contributed by atoms with Crippen molar-refractivity contribution in [3.63, 3.8) is 0 Å². The average molecular weight is 282 g/mol. The molecule has 0 aromatic heterocycles. The third kappa shape index (κ3) is 2.74. The summed E-state index contributed by atoms with van der Waals surface area (Å²) in [5.74, 6) is -0.138. The number of hydrogen-bond acceptors (Lipinski definition) is 3. The van der Waals surface area contributed by atoms with E-state index in [4.69, 9.17) is 4.74 Å². The molecule has 2 fully saturated rings. The molecule has 2 atom stereocenters. The number of esters is 1. The number of rotatable bonds is 3. The maximum Gasteiger partial charge on any atom is 0.312 e. The smallest absolute Gasteiger partial charge is 0.312 e. The molecule has 116 valence electrons. The highest BCUT2D eigenvalue weighted by molar-refractivity contribution is 5.76. The Morgan fingerprint density at radius 2 is 1.60 bits per heavy atom. The number of hydrogen-bond donors (Lipinski definition) is 1. The van der Waals surface area contributed by atoms with Crippen LogP contribution in [0.5, 0.6) is 0 Å². The van der Waals surface area contributed by atoms with E-state index < -0.39 is 16.6 Å². The molecular formula is C17H30O3. The van der Waals surface area contributed by atoms with Crippen molar-refractivity contribution < 1.29 is 14.6 Å². The summed E-state index contributed by atoms with van der Waals surface area (Å²) in [6.07, 6.45) is 9.44. The third-order valence-corrected chi connectivity index (χ3v) is 5.66. The first-order valence-electron chi connectivity index (χ1n) is 8.31. The van der Waals surface area contributed by atoms with Crippen LogP contribution in [-0.4, -0.2) is 22.3 Å². The van der Waals surface area contributed by atoms with Gasteiger partial charge in [0.25, 0.3) is 0 Å². The molecule has 0 aromatic carbocycles. The van der Waals surface area contributed by atoms with Crippen LogP contribution in [0.1, 0.15) is 85.0 Å². The van der Waals surface area contributed by atoms with Crippen molar-refractivity contribution in [3.05, 3.63) is 0 Å². The quantitative estimate of drug-likeness (QED) is 0.797. The van der Waals surface area contributed by atoms with Crippen LogP contribution in [0, 0.1) is 5.41 Å². The van der Waals surface area contributed by atoms with Crippen LogP contribution in [-0.2, 0) is 9.53 Å². The van der Waals surface area contributed by atoms with Crippen molar-refractivity contribution in [3.8, 4) is 0 Å². The number of aliphatic hydroxyl groups is 1. The average Bonchev–Trinajstić information content (AvgIpc) is 2.68. The van der Waals surface area contributed by atoms with E-state index >= 15 is 0 Å². The van der Waals surface area contributed by atoms with Gasteiger partial charge in [-0.3, -0.25) is 4.79 Å². The van der Waals surface area contributed by atoms with Gasteiger partial charge >= 0.3 is 5.97 Å². The van der Waals surface area contributed by atoms with Gasteiger partial charge in [-0.2, -0.15) is 0 Å². The minimum Gasteiger partial charge on any atom is -0.456 e. The van der Waals surface area contributed by atoms with Gasteiger partial charge in [-0.15, -0.1) is 0 Å². The maximum atomic E-state index is 12.5. The summed E-state index contributed by atoms with van der Waals surface area (Å²) in [7, 11) is 0. The van der Waals surface area contributed by atoms with Crippen molar-refractivity contribution in [2.24, 2.45) is 5.41 Å². The van der Waals surface area contributed by atoms with Gasteiger partial charge in [-0.05, 0) is 58.8 Å². The fraction of sp³-hybridized carbons (Fsp3) is 0.941. The Hall–Kier alpha value is -0.570. The van der Waals surface area contributed by atoms with Crippen LogP contribution in [0.15, 0.2) is 0 Å². The summed E-state index contributed by atoms with van der Waals surface area (Å²) >= 11 is 0. The van der Waals surface area contributed by atoms with Crippen LogP contribution in [0.25, 0.3) is 0 Å². The lowest BCUT2D eigenvalue weighted by molar-refractivity contribution is -0.203. The lowest BCUT2D eigenvalue weighted by Crippen LogP contribution is -2.54. The summed E-state index contributed by atoms with van der Waals surface area (Å²) in [5, 5.41) is 11.1. The third-order valence-electron chi connectivity index (χ3n) is 5.66. The van der Waals surface area contributed by atoms with E-state index in [-0.39, 0.29) is 5.97 Å². The summed E-state index contributed by atoms with van der Waals surface area (Å²) in [6.45, 7) is 5.88. The zero-order valence-corrected chi connectivity index (χ0v) is 13.3. The SMILES string of the molecule is CCC(C)(C)C(=O)OC12CCCCCCC1(O)CCC2. The molecule has 2 aliphatic carbocycles. The molecule has 0 spiro atoms. The van der Waals surface area contributed by atoms with Crippen molar-refractivity contribution in [1.29, 1.82) is 0 Å². The molecule has 0 saturated heterocycles. The van der Waals surface area contributed by atoms with E-state index in [1.54, 1.807) is 0 Å². The molecular weight excluding hydrogens is 252 g/mol. The molecule has 2 aliphatic rings. The number of carbonyl (C=O) groups is 1. The fourth-order valence-corrected chi connectivity index (χ4v) is 3.68. The van der Waals surface area contributed by atoms with Gasteiger partial charge < -0.3 is 9.84 Å². The van der Waals surface area contributed by atoms with E-state index in [2.05, 4.69) is 0 Å². The number of ether oxygens (including phenoxy) is 1. The molecule has 0 amide bonds. The van der Waals surface area contributed by atoms with E-state index in [0.717, 1.165) is 51.4 Å². The minimum absolute atomic E-state index is 0.138. The summed E-state index contributed by atoms with van der Waals surface area (Å²) in [4.78, 5) is 12.5.